The maximum Gasteiger partial charge on any atom is 0.265 e. The van der Waals surface area contributed by atoms with Crippen LogP contribution in [0.2, 0.25) is 0 Å². The summed E-state index contributed by atoms with van der Waals surface area (Å²) in [5.74, 6) is -0.601. The van der Waals surface area contributed by atoms with Crippen molar-refractivity contribution in [3.05, 3.63) is 66.2 Å². The van der Waals surface area contributed by atoms with E-state index in [2.05, 4.69) is 10.6 Å². The van der Waals surface area contributed by atoms with Gasteiger partial charge in [0, 0.05) is 32.0 Å². The average Bonchev–Trinajstić information content (AvgIpc) is 3.03. The van der Waals surface area contributed by atoms with Crippen molar-refractivity contribution in [2.75, 3.05) is 36.4 Å². The Balaban J connectivity index is 1.40. The first-order chi connectivity index (χ1) is 15.9. The number of carbonyl (C=O) groups is 2. The Kier molecular flexibility index (Phi) is 6.62. The standard InChI is InChI=1S/C24H25N3O5S/c1-32-16-14-25-24(29)18-9-2-3-10-19(18)26-22(28)13-6-15-27-20-11-4-7-17-8-5-12-21(23(17)20)33(27,30)31/h2-5,7-12H,6,13-16H2,1H3,(H,25,29)(H,26,28). The number of amides is 2. The molecule has 1 aliphatic heterocycles. The normalized spacial score (nSPS) is 13.8. The molecule has 0 fully saturated rings. The molecule has 1 heterocycles. The quantitative estimate of drug-likeness (QED) is 0.471. The SMILES string of the molecule is COCCNC(=O)c1ccccc1NC(=O)CCCN1c2cccc3cccc(c23)S1(=O)=O. The van der Waals surface area contributed by atoms with Gasteiger partial charge in [0.05, 0.1) is 28.4 Å². The second-order valence-corrected chi connectivity index (χ2v) is 9.49. The molecule has 0 atom stereocenters. The number of methoxy groups -OCH3 is 1. The summed E-state index contributed by atoms with van der Waals surface area (Å²) in [5.41, 5.74) is 1.40. The van der Waals surface area contributed by atoms with Gasteiger partial charge in [0.1, 0.15) is 0 Å². The molecule has 2 N–H and O–H groups in total. The first kappa shape index (κ1) is 22.8. The first-order valence-corrected chi connectivity index (χ1v) is 12.1. The van der Waals surface area contributed by atoms with Crippen LogP contribution in [-0.2, 0) is 19.6 Å². The number of nitrogens with zero attached hydrogens (tertiary/aromatic N) is 1. The van der Waals surface area contributed by atoms with Gasteiger partial charge in [-0.25, -0.2) is 8.42 Å². The van der Waals surface area contributed by atoms with E-state index in [0.29, 0.717) is 41.4 Å². The third kappa shape index (κ3) is 4.55. The topological polar surface area (TPSA) is 105 Å². The minimum absolute atomic E-state index is 0.109. The summed E-state index contributed by atoms with van der Waals surface area (Å²) in [5, 5.41) is 7.09. The first-order valence-electron chi connectivity index (χ1n) is 10.6. The zero-order valence-electron chi connectivity index (χ0n) is 18.2. The lowest BCUT2D eigenvalue weighted by Gasteiger charge is -2.18. The molecule has 8 nitrogen and oxygen atoms in total. The van der Waals surface area contributed by atoms with Crippen LogP contribution in [0.4, 0.5) is 11.4 Å². The van der Waals surface area contributed by atoms with Gasteiger partial charge < -0.3 is 15.4 Å². The minimum atomic E-state index is -3.65. The average molecular weight is 468 g/mol. The Labute approximate surface area is 192 Å². The number of ether oxygens (including phenoxy) is 1. The number of carbonyl (C=O) groups excluding carboxylic acids is 2. The Morgan fingerprint density at radius 3 is 2.55 bits per heavy atom. The lowest BCUT2D eigenvalue weighted by molar-refractivity contribution is -0.116. The summed E-state index contributed by atoms with van der Waals surface area (Å²) in [6, 6.07) is 17.5. The number of hydrogen-bond donors (Lipinski definition) is 2. The van der Waals surface area contributed by atoms with E-state index in [1.807, 2.05) is 18.2 Å². The number of para-hydroxylation sites is 1. The van der Waals surface area contributed by atoms with Gasteiger partial charge in [-0.15, -0.1) is 0 Å². The van der Waals surface area contributed by atoms with Gasteiger partial charge in [-0.3, -0.25) is 13.9 Å². The fraction of sp³-hybridized carbons (Fsp3) is 0.250. The molecule has 3 aromatic rings. The summed E-state index contributed by atoms with van der Waals surface area (Å²) in [4.78, 5) is 25.2. The van der Waals surface area contributed by atoms with Crippen LogP contribution in [0.3, 0.4) is 0 Å². The van der Waals surface area contributed by atoms with Gasteiger partial charge in [-0.05, 0) is 36.1 Å². The maximum atomic E-state index is 13.0. The molecule has 0 bridgehead atoms. The number of sulfonamides is 1. The third-order valence-electron chi connectivity index (χ3n) is 5.48. The highest BCUT2D eigenvalue weighted by Crippen LogP contribution is 2.41. The summed E-state index contributed by atoms with van der Waals surface area (Å²) in [6.07, 6.45) is 0.440. The molecular weight excluding hydrogens is 442 g/mol. The molecule has 3 aromatic carbocycles. The van der Waals surface area contributed by atoms with E-state index in [1.54, 1.807) is 49.6 Å². The van der Waals surface area contributed by atoms with Crippen LogP contribution >= 0.6 is 0 Å². The highest BCUT2D eigenvalue weighted by atomic mass is 32.2. The molecule has 2 amide bonds. The number of hydrogen-bond acceptors (Lipinski definition) is 5. The van der Waals surface area contributed by atoms with E-state index < -0.39 is 10.0 Å². The van der Waals surface area contributed by atoms with E-state index in [9.17, 15) is 18.0 Å². The highest BCUT2D eigenvalue weighted by molar-refractivity contribution is 7.93. The lowest BCUT2D eigenvalue weighted by atomic mass is 10.1. The fourth-order valence-corrected chi connectivity index (χ4v) is 5.70. The molecule has 0 unspecified atom stereocenters. The molecule has 0 spiro atoms. The molecule has 0 saturated heterocycles. The van der Waals surface area contributed by atoms with E-state index >= 15 is 0 Å². The maximum absolute atomic E-state index is 13.0. The molecule has 4 rings (SSSR count). The number of rotatable bonds is 9. The van der Waals surface area contributed by atoms with Crippen LogP contribution < -0.4 is 14.9 Å². The van der Waals surface area contributed by atoms with Crippen LogP contribution in [0.5, 0.6) is 0 Å². The molecular formula is C24H25N3O5S. The predicted octanol–water partition coefficient (Wildman–Crippen LogP) is 3.14. The molecule has 0 radical (unpaired) electrons. The van der Waals surface area contributed by atoms with Crippen molar-refractivity contribution in [2.45, 2.75) is 17.7 Å². The lowest BCUT2D eigenvalue weighted by Crippen LogP contribution is -2.29. The van der Waals surface area contributed by atoms with Crippen molar-refractivity contribution in [3.63, 3.8) is 0 Å². The van der Waals surface area contributed by atoms with Crippen molar-refractivity contribution < 1.29 is 22.7 Å². The highest BCUT2D eigenvalue weighted by Gasteiger charge is 2.35. The van der Waals surface area contributed by atoms with Gasteiger partial charge >= 0.3 is 0 Å². The molecule has 1 aliphatic rings. The van der Waals surface area contributed by atoms with Crippen LogP contribution in [0, 0.1) is 0 Å². The monoisotopic (exact) mass is 467 g/mol. The van der Waals surface area contributed by atoms with Crippen molar-refractivity contribution in [3.8, 4) is 0 Å². The number of nitrogens with one attached hydrogen (secondary N) is 2. The fourth-order valence-electron chi connectivity index (χ4n) is 3.95. The Hall–Kier alpha value is -3.43. The zero-order valence-corrected chi connectivity index (χ0v) is 19.0. The third-order valence-corrected chi connectivity index (χ3v) is 7.34. The van der Waals surface area contributed by atoms with E-state index in [0.717, 1.165) is 10.8 Å². The van der Waals surface area contributed by atoms with Crippen molar-refractivity contribution >= 4 is 44.0 Å². The summed E-state index contributed by atoms with van der Waals surface area (Å²) in [6.45, 7) is 0.928. The summed E-state index contributed by atoms with van der Waals surface area (Å²) < 4.78 is 32.4. The molecule has 33 heavy (non-hydrogen) atoms. The van der Waals surface area contributed by atoms with Crippen LogP contribution in [-0.4, -0.2) is 47.0 Å². The van der Waals surface area contributed by atoms with Crippen molar-refractivity contribution in [1.29, 1.82) is 0 Å². The smallest absolute Gasteiger partial charge is 0.265 e. The molecule has 0 aliphatic carbocycles. The van der Waals surface area contributed by atoms with Gasteiger partial charge in [0.2, 0.25) is 5.91 Å². The molecule has 172 valence electrons. The Morgan fingerprint density at radius 1 is 1.00 bits per heavy atom. The Morgan fingerprint density at radius 2 is 1.76 bits per heavy atom. The second kappa shape index (κ2) is 9.60. The summed E-state index contributed by atoms with van der Waals surface area (Å²) in [7, 11) is -2.10. The second-order valence-electron chi connectivity index (χ2n) is 7.65. The van der Waals surface area contributed by atoms with Crippen molar-refractivity contribution in [1.82, 2.24) is 5.32 Å². The minimum Gasteiger partial charge on any atom is -0.383 e. The van der Waals surface area contributed by atoms with E-state index in [4.69, 9.17) is 4.74 Å². The summed E-state index contributed by atoms with van der Waals surface area (Å²) >= 11 is 0. The van der Waals surface area contributed by atoms with E-state index in [-0.39, 0.29) is 24.8 Å². The zero-order chi connectivity index (χ0) is 23.4. The van der Waals surface area contributed by atoms with Gasteiger partial charge in [-0.1, -0.05) is 36.4 Å². The molecule has 9 heteroatoms. The van der Waals surface area contributed by atoms with Crippen molar-refractivity contribution in [2.24, 2.45) is 0 Å². The number of benzene rings is 3. The van der Waals surface area contributed by atoms with Gasteiger partial charge in [0.15, 0.2) is 0 Å². The number of anilines is 2. The Bertz CT molecular complexity index is 1300. The molecule has 0 saturated carbocycles. The van der Waals surface area contributed by atoms with Gasteiger partial charge in [-0.2, -0.15) is 0 Å². The largest absolute Gasteiger partial charge is 0.383 e. The predicted molar refractivity (Wildman–Crippen MR) is 127 cm³/mol. The van der Waals surface area contributed by atoms with Gasteiger partial charge in [0.25, 0.3) is 15.9 Å². The van der Waals surface area contributed by atoms with Crippen LogP contribution in [0.25, 0.3) is 10.8 Å². The van der Waals surface area contributed by atoms with Crippen LogP contribution in [0.15, 0.2) is 65.6 Å². The van der Waals surface area contributed by atoms with E-state index in [1.165, 1.54) is 4.31 Å². The molecule has 0 aromatic heterocycles. The van der Waals surface area contributed by atoms with Crippen LogP contribution in [0.1, 0.15) is 23.2 Å².